The molecule has 0 unspecified atom stereocenters. The summed E-state index contributed by atoms with van der Waals surface area (Å²) in [5.41, 5.74) is 4.56. The molecule has 1 aromatic carbocycles. The first kappa shape index (κ1) is 18.8. The Kier molecular flexibility index (Phi) is 6.86. The van der Waals surface area contributed by atoms with Crippen molar-refractivity contribution in [1.82, 2.24) is 20.4 Å². The van der Waals surface area contributed by atoms with Crippen molar-refractivity contribution in [2.75, 3.05) is 13.2 Å². The lowest BCUT2D eigenvalue weighted by Crippen LogP contribution is -2.37. The third-order valence-corrected chi connectivity index (χ3v) is 4.06. The molecule has 0 saturated carbocycles. The maximum Gasteiger partial charge on any atom is 0.191 e. The molecule has 0 amide bonds. The molecule has 2 rings (SSSR count). The van der Waals surface area contributed by atoms with Crippen LogP contribution in [0.1, 0.15) is 36.4 Å². The van der Waals surface area contributed by atoms with Crippen LogP contribution >= 0.6 is 0 Å². The molecule has 0 atom stereocenters. The molecule has 0 spiro atoms. The number of ether oxygens (including phenoxy) is 1. The van der Waals surface area contributed by atoms with Gasteiger partial charge in [0.05, 0.1) is 18.8 Å². The van der Waals surface area contributed by atoms with Crippen molar-refractivity contribution in [2.45, 2.75) is 40.8 Å². The molecule has 2 aromatic rings. The second kappa shape index (κ2) is 9.11. The van der Waals surface area contributed by atoms with Gasteiger partial charge in [-0.3, -0.25) is 4.68 Å². The summed E-state index contributed by atoms with van der Waals surface area (Å²) in [6, 6.07) is 8.06. The van der Waals surface area contributed by atoms with Crippen LogP contribution in [0, 0.1) is 13.8 Å². The highest BCUT2D eigenvalue weighted by Crippen LogP contribution is 2.14. The molecule has 6 heteroatoms. The standard InChI is InChI=1S/C19H29N5O/c1-6-20-19(22-13-18-14(3)23-24(5)15(18)4)21-12-16-9-8-10-17(11-16)25-7-2/h8-11H,6-7,12-13H2,1-5H3,(H2,20,21,22). The smallest absolute Gasteiger partial charge is 0.191 e. The van der Waals surface area contributed by atoms with Gasteiger partial charge in [-0.25, -0.2) is 4.99 Å². The Balaban J connectivity index is 2.04. The number of aryl methyl sites for hydroxylation is 2. The average Bonchev–Trinajstić information content (AvgIpc) is 2.83. The lowest BCUT2D eigenvalue weighted by molar-refractivity contribution is 0.340. The molecule has 6 nitrogen and oxygen atoms in total. The molecule has 0 radical (unpaired) electrons. The lowest BCUT2D eigenvalue weighted by atomic mass is 10.2. The maximum atomic E-state index is 5.55. The van der Waals surface area contributed by atoms with Gasteiger partial charge in [-0.2, -0.15) is 5.10 Å². The first-order valence-electron chi connectivity index (χ1n) is 8.78. The summed E-state index contributed by atoms with van der Waals surface area (Å²) in [6.45, 7) is 11.0. The van der Waals surface area contributed by atoms with Crippen LogP contribution < -0.4 is 15.4 Å². The molecule has 0 saturated heterocycles. The van der Waals surface area contributed by atoms with Crippen LogP contribution in [0.5, 0.6) is 5.75 Å². The molecule has 2 N–H and O–H groups in total. The van der Waals surface area contributed by atoms with Crippen LogP contribution in [-0.2, 0) is 20.1 Å². The van der Waals surface area contributed by atoms with Gasteiger partial charge >= 0.3 is 0 Å². The van der Waals surface area contributed by atoms with Crippen LogP contribution in [0.2, 0.25) is 0 Å². The van der Waals surface area contributed by atoms with Crippen LogP contribution in [0.4, 0.5) is 0 Å². The molecule has 1 heterocycles. The fraction of sp³-hybridized carbons (Fsp3) is 0.474. The maximum absolute atomic E-state index is 5.55. The number of hydrogen-bond acceptors (Lipinski definition) is 3. The van der Waals surface area contributed by atoms with Crippen molar-refractivity contribution in [1.29, 1.82) is 0 Å². The third-order valence-electron chi connectivity index (χ3n) is 4.06. The van der Waals surface area contributed by atoms with E-state index in [0.29, 0.717) is 19.7 Å². The minimum atomic E-state index is 0.598. The fourth-order valence-electron chi connectivity index (χ4n) is 2.66. The Bertz CT molecular complexity index is 721. The van der Waals surface area contributed by atoms with E-state index < -0.39 is 0 Å². The second-order valence-corrected chi connectivity index (χ2v) is 5.90. The van der Waals surface area contributed by atoms with E-state index in [4.69, 9.17) is 4.74 Å². The van der Waals surface area contributed by atoms with Gasteiger partial charge in [0.25, 0.3) is 0 Å². The predicted molar refractivity (Wildman–Crippen MR) is 102 cm³/mol. The largest absolute Gasteiger partial charge is 0.494 e. The minimum Gasteiger partial charge on any atom is -0.494 e. The van der Waals surface area contributed by atoms with Gasteiger partial charge in [0, 0.05) is 31.4 Å². The number of benzene rings is 1. The predicted octanol–water partition coefficient (Wildman–Crippen LogP) is 2.69. The van der Waals surface area contributed by atoms with Crippen LogP contribution in [0.3, 0.4) is 0 Å². The molecule has 136 valence electrons. The molecule has 0 aliphatic carbocycles. The Morgan fingerprint density at radius 2 is 2.04 bits per heavy atom. The summed E-state index contributed by atoms with van der Waals surface area (Å²) in [5, 5.41) is 11.1. The number of nitrogens with one attached hydrogen (secondary N) is 2. The first-order valence-corrected chi connectivity index (χ1v) is 8.78. The Morgan fingerprint density at radius 1 is 1.24 bits per heavy atom. The Hall–Kier alpha value is -2.50. The van der Waals surface area contributed by atoms with Gasteiger partial charge in [-0.1, -0.05) is 12.1 Å². The van der Waals surface area contributed by atoms with Gasteiger partial charge in [-0.15, -0.1) is 0 Å². The van der Waals surface area contributed by atoms with Crippen molar-refractivity contribution in [2.24, 2.45) is 12.0 Å². The monoisotopic (exact) mass is 343 g/mol. The van der Waals surface area contributed by atoms with E-state index in [1.807, 2.05) is 43.8 Å². The zero-order valence-corrected chi connectivity index (χ0v) is 15.9. The zero-order valence-electron chi connectivity index (χ0n) is 15.9. The van der Waals surface area contributed by atoms with E-state index >= 15 is 0 Å². The molecule has 1 aromatic heterocycles. The molecular formula is C19H29N5O. The van der Waals surface area contributed by atoms with Crippen molar-refractivity contribution < 1.29 is 4.74 Å². The fourth-order valence-corrected chi connectivity index (χ4v) is 2.66. The number of aliphatic imine (C=N–C) groups is 1. The summed E-state index contributed by atoms with van der Waals surface area (Å²) in [5.74, 6) is 1.68. The molecule has 0 bridgehead atoms. The highest BCUT2D eigenvalue weighted by Gasteiger charge is 2.09. The van der Waals surface area contributed by atoms with E-state index in [0.717, 1.165) is 29.5 Å². The van der Waals surface area contributed by atoms with Gasteiger partial charge in [-0.05, 0) is 45.4 Å². The van der Waals surface area contributed by atoms with Gasteiger partial charge in [0.2, 0.25) is 0 Å². The summed E-state index contributed by atoms with van der Waals surface area (Å²) in [6.07, 6.45) is 0. The van der Waals surface area contributed by atoms with Gasteiger partial charge in [0.15, 0.2) is 5.96 Å². The lowest BCUT2D eigenvalue weighted by Gasteiger charge is -2.12. The molecule has 0 fully saturated rings. The normalized spacial score (nSPS) is 11.5. The third kappa shape index (κ3) is 5.24. The van der Waals surface area contributed by atoms with E-state index in [1.54, 1.807) is 0 Å². The Labute approximate surface area is 150 Å². The van der Waals surface area contributed by atoms with Gasteiger partial charge < -0.3 is 15.4 Å². The second-order valence-electron chi connectivity index (χ2n) is 5.90. The quantitative estimate of drug-likeness (QED) is 0.599. The van der Waals surface area contributed by atoms with Gasteiger partial charge in [0.1, 0.15) is 5.75 Å². The SMILES string of the molecule is CCNC(=NCc1cccc(OCC)c1)NCc1c(C)nn(C)c1C. The van der Waals surface area contributed by atoms with Crippen molar-refractivity contribution in [3.8, 4) is 5.75 Å². The molecule has 0 aliphatic heterocycles. The van der Waals surface area contributed by atoms with Crippen molar-refractivity contribution >= 4 is 5.96 Å². The van der Waals surface area contributed by atoms with Crippen LogP contribution in [-0.4, -0.2) is 28.9 Å². The van der Waals surface area contributed by atoms with E-state index in [1.165, 1.54) is 11.3 Å². The molecular weight excluding hydrogens is 314 g/mol. The number of nitrogens with zero attached hydrogens (tertiary/aromatic N) is 3. The number of guanidine groups is 1. The van der Waals surface area contributed by atoms with Crippen LogP contribution in [0.25, 0.3) is 0 Å². The topological polar surface area (TPSA) is 63.5 Å². The molecule has 25 heavy (non-hydrogen) atoms. The van der Waals surface area contributed by atoms with Crippen LogP contribution in [0.15, 0.2) is 29.3 Å². The number of hydrogen-bond donors (Lipinski definition) is 2. The Morgan fingerprint density at radius 3 is 2.68 bits per heavy atom. The number of aromatic nitrogens is 2. The zero-order chi connectivity index (χ0) is 18.2. The molecule has 0 aliphatic rings. The first-order chi connectivity index (χ1) is 12.0. The summed E-state index contributed by atoms with van der Waals surface area (Å²) in [4.78, 5) is 4.68. The summed E-state index contributed by atoms with van der Waals surface area (Å²) >= 11 is 0. The van der Waals surface area contributed by atoms with E-state index in [9.17, 15) is 0 Å². The van der Waals surface area contributed by atoms with E-state index in [-0.39, 0.29) is 0 Å². The number of rotatable bonds is 7. The van der Waals surface area contributed by atoms with Crippen molar-refractivity contribution in [3.05, 3.63) is 46.8 Å². The highest BCUT2D eigenvalue weighted by molar-refractivity contribution is 5.79. The van der Waals surface area contributed by atoms with E-state index in [2.05, 4.69) is 40.6 Å². The summed E-state index contributed by atoms with van der Waals surface area (Å²) < 4.78 is 7.46. The van der Waals surface area contributed by atoms with Crippen molar-refractivity contribution in [3.63, 3.8) is 0 Å². The average molecular weight is 343 g/mol. The highest BCUT2D eigenvalue weighted by atomic mass is 16.5. The minimum absolute atomic E-state index is 0.598. The summed E-state index contributed by atoms with van der Waals surface area (Å²) in [7, 11) is 1.97.